The Balaban J connectivity index is 2.18. The highest BCUT2D eigenvalue weighted by molar-refractivity contribution is 5.66. The third-order valence-corrected chi connectivity index (χ3v) is 3.95. The van der Waals surface area contributed by atoms with Crippen LogP contribution >= 0.6 is 0 Å². The van der Waals surface area contributed by atoms with E-state index in [0.29, 0.717) is 12.8 Å². The van der Waals surface area contributed by atoms with Gasteiger partial charge in [-0.15, -0.1) is 5.92 Å². The van der Waals surface area contributed by atoms with Gasteiger partial charge in [-0.1, -0.05) is 69.2 Å². The standard InChI is InChI=1S/C21H30O2/c1-2-3-4-5-6-9-12-19-15-17-20(18-16-19)13-10-7-8-11-14-21(22)23/h15-18H,2-6,8-9,11-14H2,1H3,(H,22,23). The Hall–Kier alpha value is -1.75. The number of carboxylic acids is 1. The van der Waals surface area contributed by atoms with E-state index in [9.17, 15) is 4.79 Å². The van der Waals surface area contributed by atoms with Crippen molar-refractivity contribution in [1.29, 1.82) is 0 Å². The maximum Gasteiger partial charge on any atom is 0.303 e. The fourth-order valence-electron chi connectivity index (χ4n) is 2.51. The first-order valence-electron chi connectivity index (χ1n) is 8.97. The third kappa shape index (κ3) is 10.6. The van der Waals surface area contributed by atoms with Crippen LogP contribution in [0.3, 0.4) is 0 Å². The van der Waals surface area contributed by atoms with E-state index in [1.54, 1.807) is 0 Å². The maximum absolute atomic E-state index is 10.4. The highest BCUT2D eigenvalue weighted by atomic mass is 16.4. The molecular formula is C21H30O2. The SMILES string of the molecule is CCCCCCCCc1ccc(CC#CCCCC(=O)O)cc1. The Bertz CT molecular complexity index is 491. The predicted octanol–water partition coefficient (Wildman–Crippen LogP) is 5.39. The van der Waals surface area contributed by atoms with Crippen molar-refractivity contribution in [3.63, 3.8) is 0 Å². The molecule has 0 atom stereocenters. The Labute approximate surface area is 141 Å². The molecule has 0 fully saturated rings. The van der Waals surface area contributed by atoms with Gasteiger partial charge in [-0.3, -0.25) is 4.79 Å². The average Bonchev–Trinajstić information content (AvgIpc) is 2.55. The van der Waals surface area contributed by atoms with Crippen molar-refractivity contribution < 1.29 is 9.90 Å². The zero-order valence-corrected chi connectivity index (χ0v) is 14.4. The highest BCUT2D eigenvalue weighted by Gasteiger charge is 1.96. The monoisotopic (exact) mass is 314 g/mol. The minimum atomic E-state index is -0.743. The lowest BCUT2D eigenvalue weighted by Crippen LogP contribution is -1.92. The zero-order valence-electron chi connectivity index (χ0n) is 14.4. The summed E-state index contributed by atoms with van der Waals surface area (Å²) in [7, 11) is 0. The molecule has 0 radical (unpaired) electrons. The van der Waals surface area contributed by atoms with E-state index in [4.69, 9.17) is 5.11 Å². The first-order valence-corrected chi connectivity index (χ1v) is 8.97. The molecule has 0 bridgehead atoms. The minimum Gasteiger partial charge on any atom is -0.481 e. The highest BCUT2D eigenvalue weighted by Crippen LogP contribution is 2.11. The van der Waals surface area contributed by atoms with Crippen molar-refractivity contribution in [3.05, 3.63) is 35.4 Å². The van der Waals surface area contributed by atoms with Gasteiger partial charge >= 0.3 is 5.97 Å². The molecule has 1 aromatic rings. The molecule has 0 aliphatic carbocycles. The van der Waals surface area contributed by atoms with E-state index < -0.39 is 5.97 Å². The van der Waals surface area contributed by atoms with Crippen LogP contribution in [-0.2, 0) is 17.6 Å². The maximum atomic E-state index is 10.4. The normalized spacial score (nSPS) is 10.1. The number of aliphatic carboxylic acids is 1. The number of carboxylic acid groups (broad SMARTS) is 1. The first-order chi connectivity index (χ1) is 11.2. The van der Waals surface area contributed by atoms with Crippen molar-refractivity contribution in [2.45, 2.75) is 77.6 Å². The van der Waals surface area contributed by atoms with Crippen molar-refractivity contribution in [3.8, 4) is 11.8 Å². The second-order valence-corrected chi connectivity index (χ2v) is 6.11. The van der Waals surface area contributed by atoms with Crippen molar-refractivity contribution in [2.24, 2.45) is 0 Å². The first kappa shape index (κ1) is 19.3. The summed E-state index contributed by atoms with van der Waals surface area (Å²) in [6.45, 7) is 2.25. The average molecular weight is 314 g/mol. The van der Waals surface area contributed by atoms with Gasteiger partial charge in [0.2, 0.25) is 0 Å². The molecule has 0 unspecified atom stereocenters. The van der Waals surface area contributed by atoms with Crippen LogP contribution in [-0.4, -0.2) is 11.1 Å². The number of hydrogen-bond donors (Lipinski definition) is 1. The lowest BCUT2D eigenvalue weighted by Gasteiger charge is -2.03. The molecule has 0 aromatic heterocycles. The molecule has 2 heteroatoms. The van der Waals surface area contributed by atoms with Crippen molar-refractivity contribution in [1.82, 2.24) is 0 Å². The summed E-state index contributed by atoms with van der Waals surface area (Å²) in [5.74, 6) is 5.43. The van der Waals surface area contributed by atoms with Gasteiger partial charge in [0, 0.05) is 19.3 Å². The smallest absolute Gasteiger partial charge is 0.303 e. The van der Waals surface area contributed by atoms with E-state index in [1.807, 2.05) is 0 Å². The molecule has 0 heterocycles. The van der Waals surface area contributed by atoms with E-state index in [2.05, 4.69) is 43.0 Å². The lowest BCUT2D eigenvalue weighted by atomic mass is 10.0. The molecule has 126 valence electrons. The minimum absolute atomic E-state index is 0.210. The van der Waals surface area contributed by atoms with Crippen LogP contribution in [0.15, 0.2) is 24.3 Å². The van der Waals surface area contributed by atoms with Gasteiger partial charge in [-0.05, 0) is 30.4 Å². The molecule has 0 aliphatic rings. The molecule has 0 saturated heterocycles. The van der Waals surface area contributed by atoms with Crippen LogP contribution in [0.5, 0.6) is 0 Å². The number of rotatable bonds is 11. The second-order valence-electron chi connectivity index (χ2n) is 6.11. The van der Waals surface area contributed by atoms with Crippen LogP contribution in [0.4, 0.5) is 0 Å². The molecule has 1 rings (SSSR count). The fourth-order valence-corrected chi connectivity index (χ4v) is 2.51. The molecule has 0 aliphatic heterocycles. The van der Waals surface area contributed by atoms with Crippen LogP contribution in [0, 0.1) is 11.8 Å². The molecule has 0 spiro atoms. The van der Waals surface area contributed by atoms with E-state index in [-0.39, 0.29) is 6.42 Å². The topological polar surface area (TPSA) is 37.3 Å². The molecular weight excluding hydrogens is 284 g/mol. The van der Waals surface area contributed by atoms with E-state index in [0.717, 1.165) is 6.42 Å². The predicted molar refractivity (Wildman–Crippen MR) is 96.5 cm³/mol. The van der Waals surface area contributed by atoms with Gasteiger partial charge in [0.15, 0.2) is 0 Å². The molecule has 23 heavy (non-hydrogen) atoms. The summed E-state index contributed by atoms with van der Waals surface area (Å²) < 4.78 is 0. The van der Waals surface area contributed by atoms with Gasteiger partial charge < -0.3 is 5.11 Å². The quantitative estimate of drug-likeness (QED) is 0.439. The summed E-state index contributed by atoms with van der Waals surface area (Å²) in [5.41, 5.74) is 2.65. The molecule has 0 amide bonds. The van der Waals surface area contributed by atoms with Gasteiger partial charge in [0.1, 0.15) is 0 Å². The third-order valence-electron chi connectivity index (χ3n) is 3.95. The van der Waals surface area contributed by atoms with Crippen LogP contribution in [0.25, 0.3) is 0 Å². The molecule has 2 nitrogen and oxygen atoms in total. The van der Waals surface area contributed by atoms with Crippen LogP contribution < -0.4 is 0 Å². The Kier molecular flexibility index (Phi) is 10.7. The van der Waals surface area contributed by atoms with Crippen LogP contribution in [0.1, 0.15) is 75.8 Å². The van der Waals surface area contributed by atoms with Gasteiger partial charge in [0.25, 0.3) is 0 Å². The summed E-state index contributed by atoms with van der Waals surface area (Å²) in [4.78, 5) is 10.4. The summed E-state index contributed by atoms with van der Waals surface area (Å²) >= 11 is 0. The molecule has 0 saturated carbocycles. The van der Waals surface area contributed by atoms with Gasteiger partial charge in [-0.25, -0.2) is 0 Å². The second kappa shape index (κ2) is 12.8. The molecule has 1 aromatic carbocycles. The summed E-state index contributed by atoms with van der Waals surface area (Å²) in [6, 6.07) is 8.76. The summed E-state index contributed by atoms with van der Waals surface area (Å²) in [6.07, 6.45) is 11.5. The van der Waals surface area contributed by atoms with E-state index in [1.165, 1.54) is 56.1 Å². The zero-order chi connectivity index (χ0) is 16.8. The van der Waals surface area contributed by atoms with Gasteiger partial charge in [0.05, 0.1) is 0 Å². The largest absolute Gasteiger partial charge is 0.481 e. The molecule has 1 N–H and O–H groups in total. The van der Waals surface area contributed by atoms with Crippen molar-refractivity contribution in [2.75, 3.05) is 0 Å². The Morgan fingerprint density at radius 2 is 1.57 bits per heavy atom. The van der Waals surface area contributed by atoms with Crippen LogP contribution in [0.2, 0.25) is 0 Å². The van der Waals surface area contributed by atoms with Crippen molar-refractivity contribution >= 4 is 5.97 Å². The number of benzene rings is 1. The lowest BCUT2D eigenvalue weighted by molar-refractivity contribution is -0.137. The number of hydrogen-bond acceptors (Lipinski definition) is 1. The Morgan fingerprint density at radius 3 is 2.26 bits per heavy atom. The van der Waals surface area contributed by atoms with E-state index >= 15 is 0 Å². The number of unbranched alkanes of at least 4 members (excludes halogenated alkanes) is 6. The van der Waals surface area contributed by atoms with Gasteiger partial charge in [-0.2, -0.15) is 0 Å². The fraction of sp³-hybridized carbons (Fsp3) is 0.571. The Morgan fingerprint density at radius 1 is 0.913 bits per heavy atom. The summed E-state index contributed by atoms with van der Waals surface area (Å²) in [5, 5.41) is 8.54. The number of carbonyl (C=O) groups is 1. The number of aryl methyl sites for hydroxylation is 1.